The maximum absolute atomic E-state index is 4.69. The van der Waals surface area contributed by atoms with Crippen LogP contribution in [0, 0.1) is 11.8 Å². The van der Waals surface area contributed by atoms with Crippen molar-refractivity contribution in [1.82, 2.24) is 9.97 Å². The van der Waals surface area contributed by atoms with Gasteiger partial charge in [-0.05, 0) is 60.8 Å². The summed E-state index contributed by atoms with van der Waals surface area (Å²) < 4.78 is 0. The van der Waals surface area contributed by atoms with Crippen LogP contribution < -0.4 is 0 Å². The van der Waals surface area contributed by atoms with Gasteiger partial charge in [0.05, 0.1) is 11.4 Å². The Labute approximate surface area is 147 Å². The highest BCUT2D eigenvalue weighted by Gasteiger charge is 2.12. The third-order valence-corrected chi connectivity index (χ3v) is 4.46. The van der Waals surface area contributed by atoms with Gasteiger partial charge in [-0.3, -0.25) is 9.97 Å². The zero-order chi connectivity index (χ0) is 17.4. The molecule has 130 valence electrons. The van der Waals surface area contributed by atoms with E-state index in [0.717, 1.165) is 36.1 Å². The van der Waals surface area contributed by atoms with Crippen molar-refractivity contribution < 1.29 is 0 Å². The van der Waals surface area contributed by atoms with Crippen molar-refractivity contribution in [2.45, 2.75) is 66.2 Å². The van der Waals surface area contributed by atoms with E-state index in [2.05, 4.69) is 61.9 Å². The molecule has 0 aliphatic carbocycles. The summed E-state index contributed by atoms with van der Waals surface area (Å²) in [7, 11) is 0. The zero-order valence-corrected chi connectivity index (χ0v) is 15.8. The first-order valence-electron chi connectivity index (χ1n) is 9.46. The maximum atomic E-state index is 4.69. The van der Waals surface area contributed by atoms with Crippen LogP contribution in [0.5, 0.6) is 0 Å². The molecule has 0 saturated heterocycles. The monoisotopic (exact) mass is 324 g/mol. The highest BCUT2D eigenvalue weighted by Crippen LogP contribution is 2.26. The lowest BCUT2D eigenvalue weighted by atomic mass is 9.96. The largest absolute Gasteiger partial charge is 0.254 e. The van der Waals surface area contributed by atoms with E-state index in [4.69, 9.17) is 0 Å². The molecule has 2 nitrogen and oxygen atoms in total. The maximum Gasteiger partial charge on any atom is 0.0920 e. The Balaban J connectivity index is 2.18. The summed E-state index contributed by atoms with van der Waals surface area (Å²) in [5.74, 6) is 1.51. The molecule has 0 radical (unpaired) electrons. The molecule has 0 bridgehead atoms. The Morgan fingerprint density at radius 2 is 1.12 bits per heavy atom. The predicted molar refractivity (Wildman–Crippen MR) is 103 cm³/mol. The van der Waals surface area contributed by atoms with Crippen LogP contribution >= 0.6 is 0 Å². The molecule has 0 amide bonds. The van der Waals surface area contributed by atoms with Gasteiger partial charge in [-0.15, -0.1) is 0 Å². The SMILES string of the molecule is CC(C)CCCc1cccnc1-c1ncccc1CCCC(C)C. The van der Waals surface area contributed by atoms with E-state index in [1.165, 1.54) is 36.8 Å². The number of aromatic nitrogens is 2. The number of nitrogens with zero attached hydrogens (tertiary/aromatic N) is 2. The van der Waals surface area contributed by atoms with Crippen molar-refractivity contribution in [1.29, 1.82) is 0 Å². The summed E-state index contributed by atoms with van der Waals surface area (Å²) in [5, 5.41) is 0. The Bertz CT molecular complexity index is 561. The van der Waals surface area contributed by atoms with Gasteiger partial charge in [-0.2, -0.15) is 0 Å². The molecule has 0 unspecified atom stereocenters. The molecule has 2 heteroatoms. The average molecular weight is 325 g/mol. The molecule has 2 rings (SSSR count). The molecular weight excluding hydrogens is 292 g/mol. The lowest BCUT2D eigenvalue weighted by Crippen LogP contribution is -2.01. The second-order valence-electron chi connectivity index (χ2n) is 7.59. The number of hydrogen-bond donors (Lipinski definition) is 0. The molecule has 0 aromatic carbocycles. The van der Waals surface area contributed by atoms with E-state index in [0.29, 0.717) is 0 Å². The predicted octanol–water partition coefficient (Wildman–Crippen LogP) is 6.10. The quantitative estimate of drug-likeness (QED) is 0.557. The topological polar surface area (TPSA) is 25.8 Å². The Hall–Kier alpha value is -1.70. The van der Waals surface area contributed by atoms with Gasteiger partial charge in [-0.25, -0.2) is 0 Å². The fourth-order valence-corrected chi connectivity index (χ4v) is 3.11. The molecule has 24 heavy (non-hydrogen) atoms. The van der Waals surface area contributed by atoms with Gasteiger partial charge in [0.25, 0.3) is 0 Å². The van der Waals surface area contributed by atoms with Gasteiger partial charge in [-0.1, -0.05) is 52.7 Å². The lowest BCUT2D eigenvalue weighted by Gasteiger charge is -2.13. The van der Waals surface area contributed by atoms with Crippen molar-refractivity contribution in [2.24, 2.45) is 11.8 Å². The summed E-state index contributed by atoms with van der Waals surface area (Å²) >= 11 is 0. The Morgan fingerprint density at radius 3 is 1.50 bits per heavy atom. The van der Waals surface area contributed by atoms with Crippen molar-refractivity contribution >= 4 is 0 Å². The van der Waals surface area contributed by atoms with E-state index < -0.39 is 0 Å². The van der Waals surface area contributed by atoms with Gasteiger partial charge in [0.15, 0.2) is 0 Å². The van der Waals surface area contributed by atoms with Crippen LogP contribution in [0.3, 0.4) is 0 Å². The van der Waals surface area contributed by atoms with E-state index in [1.807, 2.05) is 12.4 Å². The first-order chi connectivity index (χ1) is 11.6. The van der Waals surface area contributed by atoms with Crippen LogP contribution in [0.1, 0.15) is 64.5 Å². The summed E-state index contributed by atoms with van der Waals surface area (Å²) in [5.41, 5.74) is 4.84. The smallest absolute Gasteiger partial charge is 0.0920 e. The van der Waals surface area contributed by atoms with Crippen LogP contribution in [0.2, 0.25) is 0 Å². The fraction of sp³-hybridized carbons (Fsp3) is 0.545. The van der Waals surface area contributed by atoms with E-state index in [-0.39, 0.29) is 0 Å². The minimum absolute atomic E-state index is 0.756. The minimum Gasteiger partial charge on any atom is -0.254 e. The highest BCUT2D eigenvalue weighted by molar-refractivity contribution is 5.62. The summed E-state index contributed by atoms with van der Waals surface area (Å²) in [4.78, 5) is 9.38. The van der Waals surface area contributed by atoms with Crippen LogP contribution in [0.15, 0.2) is 36.7 Å². The Kier molecular flexibility index (Phi) is 7.42. The summed E-state index contributed by atoms with van der Waals surface area (Å²) in [6.45, 7) is 9.15. The molecule has 0 spiro atoms. The molecule has 2 aromatic heterocycles. The molecule has 0 saturated carbocycles. The van der Waals surface area contributed by atoms with Gasteiger partial charge in [0.2, 0.25) is 0 Å². The summed E-state index contributed by atoms with van der Waals surface area (Å²) in [6, 6.07) is 8.54. The fourth-order valence-electron chi connectivity index (χ4n) is 3.11. The Morgan fingerprint density at radius 1 is 0.708 bits per heavy atom. The molecule has 2 aromatic rings. The van der Waals surface area contributed by atoms with Gasteiger partial charge >= 0.3 is 0 Å². The van der Waals surface area contributed by atoms with Gasteiger partial charge in [0.1, 0.15) is 0 Å². The van der Waals surface area contributed by atoms with Gasteiger partial charge in [0, 0.05) is 12.4 Å². The van der Waals surface area contributed by atoms with Crippen molar-refractivity contribution in [3.05, 3.63) is 47.8 Å². The third kappa shape index (κ3) is 5.74. The molecule has 0 N–H and O–H groups in total. The molecule has 0 aliphatic rings. The van der Waals surface area contributed by atoms with Crippen molar-refractivity contribution in [3.63, 3.8) is 0 Å². The standard InChI is InChI=1S/C22H32N2/c1-17(2)9-5-11-19-13-7-15-23-21(19)22-20(14-8-16-24-22)12-6-10-18(3)4/h7-8,13-18H,5-6,9-12H2,1-4H3. The summed E-state index contributed by atoms with van der Waals surface area (Å²) in [6.07, 6.45) is 10.9. The average Bonchev–Trinajstić information content (AvgIpc) is 2.55. The number of aryl methyl sites for hydroxylation is 2. The number of rotatable bonds is 9. The normalized spacial score (nSPS) is 11.4. The van der Waals surface area contributed by atoms with Crippen LogP contribution in [-0.4, -0.2) is 9.97 Å². The van der Waals surface area contributed by atoms with Crippen molar-refractivity contribution in [2.75, 3.05) is 0 Å². The number of pyridine rings is 2. The van der Waals surface area contributed by atoms with Crippen LogP contribution in [0.25, 0.3) is 11.4 Å². The third-order valence-electron chi connectivity index (χ3n) is 4.46. The minimum atomic E-state index is 0.756. The highest BCUT2D eigenvalue weighted by atomic mass is 14.8. The molecule has 2 heterocycles. The van der Waals surface area contributed by atoms with Crippen LogP contribution in [0.4, 0.5) is 0 Å². The second kappa shape index (κ2) is 9.56. The first kappa shape index (κ1) is 18.6. The molecular formula is C22H32N2. The molecule has 0 aliphatic heterocycles. The second-order valence-corrected chi connectivity index (χ2v) is 7.59. The lowest BCUT2D eigenvalue weighted by molar-refractivity contribution is 0.554. The first-order valence-corrected chi connectivity index (χ1v) is 9.46. The zero-order valence-electron chi connectivity index (χ0n) is 15.8. The molecule has 0 atom stereocenters. The van der Waals surface area contributed by atoms with E-state index >= 15 is 0 Å². The molecule has 0 fully saturated rings. The van der Waals surface area contributed by atoms with Gasteiger partial charge < -0.3 is 0 Å². The van der Waals surface area contributed by atoms with E-state index in [9.17, 15) is 0 Å². The van der Waals surface area contributed by atoms with Crippen LogP contribution in [-0.2, 0) is 12.8 Å². The number of hydrogen-bond acceptors (Lipinski definition) is 2. The van der Waals surface area contributed by atoms with Crippen molar-refractivity contribution in [3.8, 4) is 11.4 Å². The van der Waals surface area contributed by atoms with E-state index in [1.54, 1.807) is 0 Å².